The Kier molecular flexibility index (Phi) is 8.92. The van der Waals surface area contributed by atoms with Crippen molar-refractivity contribution in [3.05, 3.63) is 65.9 Å². The van der Waals surface area contributed by atoms with Crippen molar-refractivity contribution in [2.45, 2.75) is 53.2 Å². The number of benzene rings is 2. The van der Waals surface area contributed by atoms with Gasteiger partial charge in [-0.2, -0.15) is 5.10 Å². The van der Waals surface area contributed by atoms with Gasteiger partial charge in [0.05, 0.1) is 30.2 Å². The minimum Gasteiger partial charge on any atom is -0.493 e. The van der Waals surface area contributed by atoms with Crippen LogP contribution < -0.4 is 9.47 Å². The standard InChI is InChI=1S/C27H37N3O3/c1-6-12-23(31)18-29(17-20(2)3)19-24-21(4)28-30(22-13-8-7-9-14-22)27(24)33-26-16-11-10-15-25(26)32-5/h7-11,13-16,20,23,31H,6,12,17-19H2,1-5H3/t23-/m1/s1. The number of rotatable bonds is 12. The molecule has 0 fully saturated rings. The molecule has 178 valence electrons. The number of aliphatic hydroxyl groups is 1. The lowest BCUT2D eigenvalue weighted by atomic mass is 10.1. The second-order valence-electron chi connectivity index (χ2n) is 8.90. The molecule has 0 bridgehead atoms. The molecule has 2 aromatic carbocycles. The second-order valence-corrected chi connectivity index (χ2v) is 8.90. The number of hydrogen-bond acceptors (Lipinski definition) is 5. The number of aromatic nitrogens is 2. The van der Waals surface area contributed by atoms with Crippen LogP contribution in [-0.4, -0.2) is 46.1 Å². The quantitative estimate of drug-likeness (QED) is 0.388. The summed E-state index contributed by atoms with van der Waals surface area (Å²) >= 11 is 0. The maximum atomic E-state index is 10.5. The molecule has 1 atom stereocenters. The van der Waals surface area contributed by atoms with Gasteiger partial charge >= 0.3 is 0 Å². The van der Waals surface area contributed by atoms with Crippen molar-refractivity contribution in [3.63, 3.8) is 0 Å². The van der Waals surface area contributed by atoms with Gasteiger partial charge in [0.1, 0.15) is 0 Å². The molecule has 0 spiro atoms. The number of hydrogen-bond donors (Lipinski definition) is 1. The molecule has 0 unspecified atom stereocenters. The van der Waals surface area contributed by atoms with Crippen LogP contribution in [0, 0.1) is 12.8 Å². The Morgan fingerprint density at radius 3 is 2.30 bits per heavy atom. The van der Waals surface area contributed by atoms with Crippen molar-refractivity contribution in [3.8, 4) is 23.1 Å². The molecule has 1 heterocycles. The van der Waals surface area contributed by atoms with E-state index in [1.165, 1.54) is 0 Å². The van der Waals surface area contributed by atoms with E-state index in [1.807, 2.05) is 66.2 Å². The summed E-state index contributed by atoms with van der Waals surface area (Å²) in [5, 5.41) is 15.4. The van der Waals surface area contributed by atoms with Crippen LogP contribution in [-0.2, 0) is 6.54 Å². The van der Waals surface area contributed by atoms with Crippen LogP contribution in [0.3, 0.4) is 0 Å². The van der Waals surface area contributed by atoms with Crippen molar-refractivity contribution in [2.24, 2.45) is 5.92 Å². The summed E-state index contributed by atoms with van der Waals surface area (Å²) < 4.78 is 13.9. The molecule has 0 aliphatic rings. The van der Waals surface area contributed by atoms with E-state index in [9.17, 15) is 5.11 Å². The average Bonchev–Trinajstić information content (AvgIpc) is 3.09. The number of aliphatic hydroxyl groups excluding tert-OH is 1. The summed E-state index contributed by atoms with van der Waals surface area (Å²) in [6.07, 6.45) is 1.41. The zero-order valence-corrected chi connectivity index (χ0v) is 20.5. The maximum absolute atomic E-state index is 10.5. The summed E-state index contributed by atoms with van der Waals surface area (Å²) in [7, 11) is 1.64. The van der Waals surface area contributed by atoms with Crippen LogP contribution in [0.15, 0.2) is 54.6 Å². The normalized spacial score (nSPS) is 12.4. The van der Waals surface area contributed by atoms with Crippen LogP contribution in [0.4, 0.5) is 0 Å². The van der Waals surface area contributed by atoms with E-state index in [4.69, 9.17) is 14.6 Å². The maximum Gasteiger partial charge on any atom is 0.227 e. The first-order valence-corrected chi connectivity index (χ1v) is 11.8. The lowest BCUT2D eigenvalue weighted by Crippen LogP contribution is -2.35. The first kappa shape index (κ1) is 24.8. The monoisotopic (exact) mass is 451 g/mol. The third-order valence-corrected chi connectivity index (χ3v) is 5.51. The third kappa shape index (κ3) is 6.59. The molecule has 0 amide bonds. The van der Waals surface area contributed by atoms with Crippen LogP contribution in [0.25, 0.3) is 5.69 Å². The fourth-order valence-electron chi connectivity index (χ4n) is 4.04. The SMILES string of the molecule is CCC[C@@H](O)CN(Cc1c(C)nn(-c2ccccc2)c1Oc1ccccc1OC)CC(C)C. The lowest BCUT2D eigenvalue weighted by Gasteiger charge is -2.27. The molecule has 3 aromatic rings. The largest absolute Gasteiger partial charge is 0.493 e. The second kappa shape index (κ2) is 11.9. The predicted octanol–water partition coefficient (Wildman–Crippen LogP) is 5.60. The molecule has 33 heavy (non-hydrogen) atoms. The van der Waals surface area contributed by atoms with E-state index >= 15 is 0 Å². The van der Waals surface area contributed by atoms with Crippen molar-refractivity contribution in [1.29, 1.82) is 0 Å². The van der Waals surface area contributed by atoms with E-state index in [-0.39, 0.29) is 6.10 Å². The average molecular weight is 452 g/mol. The van der Waals surface area contributed by atoms with Crippen LogP contribution in [0.5, 0.6) is 17.4 Å². The Balaban J connectivity index is 2.03. The Morgan fingerprint density at radius 2 is 1.67 bits per heavy atom. The first-order valence-electron chi connectivity index (χ1n) is 11.8. The van der Waals surface area contributed by atoms with Gasteiger partial charge in [0, 0.05) is 19.6 Å². The van der Waals surface area contributed by atoms with Gasteiger partial charge in [-0.1, -0.05) is 57.5 Å². The molecule has 0 aliphatic carbocycles. The molecule has 0 radical (unpaired) electrons. The molecular weight excluding hydrogens is 414 g/mol. The van der Waals surface area contributed by atoms with Crippen molar-refractivity contribution in [1.82, 2.24) is 14.7 Å². The number of ether oxygens (including phenoxy) is 2. The molecule has 6 heteroatoms. The summed E-state index contributed by atoms with van der Waals surface area (Å²) in [4.78, 5) is 2.30. The minimum absolute atomic E-state index is 0.350. The molecule has 6 nitrogen and oxygen atoms in total. The molecule has 1 aromatic heterocycles. The van der Waals surface area contributed by atoms with Crippen LogP contribution >= 0.6 is 0 Å². The van der Waals surface area contributed by atoms with Gasteiger partial charge in [0.2, 0.25) is 5.88 Å². The Hall–Kier alpha value is -2.83. The van der Waals surface area contributed by atoms with Gasteiger partial charge in [-0.05, 0) is 43.5 Å². The van der Waals surface area contributed by atoms with E-state index in [0.717, 1.165) is 36.3 Å². The number of para-hydroxylation sites is 3. The van der Waals surface area contributed by atoms with E-state index in [0.29, 0.717) is 36.4 Å². The third-order valence-electron chi connectivity index (χ3n) is 5.51. The summed E-state index contributed by atoms with van der Waals surface area (Å²) in [5.41, 5.74) is 2.84. The van der Waals surface area contributed by atoms with Crippen molar-refractivity contribution < 1.29 is 14.6 Å². The highest BCUT2D eigenvalue weighted by molar-refractivity contribution is 5.47. The van der Waals surface area contributed by atoms with E-state index in [1.54, 1.807) is 7.11 Å². The topological polar surface area (TPSA) is 59.8 Å². The number of nitrogens with zero attached hydrogens (tertiary/aromatic N) is 3. The molecule has 1 N–H and O–H groups in total. The number of aryl methyl sites for hydroxylation is 1. The van der Waals surface area contributed by atoms with Crippen molar-refractivity contribution >= 4 is 0 Å². The van der Waals surface area contributed by atoms with Gasteiger partial charge < -0.3 is 14.6 Å². The molecular formula is C27H37N3O3. The summed E-state index contributed by atoms with van der Waals surface area (Å²) in [6, 6.07) is 17.6. The molecule has 0 saturated carbocycles. The first-order chi connectivity index (χ1) is 15.9. The smallest absolute Gasteiger partial charge is 0.227 e. The zero-order valence-electron chi connectivity index (χ0n) is 20.5. The molecule has 0 aliphatic heterocycles. The Bertz CT molecular complexity index is 1000. The summed E-state index contributed by atoms with van der Waals surface area (Å²) in [5.74, 6) is 2.45. The van der Waals surface area contributed by atoms with E-state index < -0.39 is 0 Å². The van der Waals surface area contributed by atoms with Gasteiger partial charge in [-0.25, -0.2) is 4.68 Å². The fraction of sp³-hybridized carbons (Fsp3) is 0.444. The van der Waals surface area contributed by atoms with Gasteiger partial charge in [-0.3, -0.25) is 4.90 Å². The zero-order chi connectivity index (χ0) is 23.8. The Morgan fingerprint density at radius 1 is 1.00 bits per heavy atom. The highest BCUT2D eigenvalue weighted by Crippen LogP contribution is 2.36. The number of methoxy groups -OCH3 is 1. The lowest BCUT2D eigenvalue weighted by molar-refractivity contribution is 0.0939. The van der Waals surface area contributed by atoms with E-state index in [2.05, 4.69) is 25.7 Å². The highest BCUT2D eigenvalue weighted by atomic mass is 16.5. The Labute approximate surface area is 197 Å². The van der Waals surface area contributed by atoms with Gasteiger partial charge in [0.25, 0.3) is 0 Å². The fourth-order valence-corrected chi connectivity index (χ4v) is 4.04. The van der Waals surface area contributed by atoms with Gasteiger partial charge in [0.15, 0.2) is 11.5 Å². The predicted molar refractivity (Wildman–Crippen MR) is 132 cm³/mol. The minimum atomic E-state index is -0.350. The van der Waals surface area contributed by atoms with Crippen LogP contribution in [0.1, 0.15) is 44.9 Å². The van der Waals surface area contributed by atoms with Gasteiger partial charge in [-0.15, -0.1) is 0 Å². The summed E-state index contributed by atoms with van der Waals surface area (Å²) in [6.45, 7) is 10.7. The molecule has 0 saturated heterocycles. The van der Waals surface area contributed by atoms with Crippen LogP contribution in [0.2, 0.25) is 0 Å². The van der Waals surface area contributed by atoms with Crippen molar-refractivity contribution in [2.75, 3.05) is 20.2 Å². The molecule has 3 rings (SSSR count). The highest BCUT2D eigenvalue weighted by Gasteiger charge is 2.23.